The van der Waals surface area contributed by atoms with Crippen LogP contribution >= 0.6 is 0 Å². The smallest absolute Gasteiger partial charge is 0.00470 e. The van der Waals surface area contributed by atoms with E-state index in [1.165, 1.54) is 57.8 Å². The molecule has 1 aromatic rings. The van der Waals surface area contributed by atoms with Gasteiger partial charge in [0.1, 0.15) is 0 Å². The summed E-state index contributed by atoms with van der Waals surface area (Å²) in [7, 11) is 0. The van der Waals surface area contributed by atoms with Gasteiger partial charge in [-0.3, -0.25) is 0 Å². The van der Waals surface area contributed by atoms with Crippen LogP contribution in [0.1, 0.15) is 75.8 Å². The first-order valence-electron chi connectivity index (χ1n) is 7.69. The second-order valence-electron chi connectivity index (χ2n) is 6.00. The molecular formula is C18H27. The van der Waals surface area contributed by atoms with Crippen molar-refractivity contribution in [2.45, 2.75) is 70.1 Å². The fourth-order valence-corrected chi connectivity index (χ4v) is 3.48. The molecule has 0 aromatic heterocycles. The zero-order valence-electron chi connectivity index (χ0n) is 11.9. The number of unbranched alkanes of at least 4 members (excludes halogenated alkanes) is 2. The Balaban J connectivity index is 2.15. The molecule has 18 heavy (non-hydrogen) atoms. The maximum absolute atomic E-state index is 4.00. The van der Waals surface area contributed by atoms with E-state index in [2.05, 4.69) is 38.1 Å². The molecule has 1 aliphatic carbocycles. The molecule has 0 heteroatoms. The van der Waals surface area contributed by atoms with Gasteiger partial charge in [0.05, 0.1) is 0 Å². The summed E-state index contributed by atoms with van der Waals surface area (Å²) in [4.78, 5) is 0. The van der Waals surface area contributed by atoms with Crippen molar-refractivity contribution in [3.8, 4) is 0 Å². The quantitative estimate of drug-likeness (QED) is 0.586. The van der Waals surface area contributed by atoms with Crippen LogP contribution in [0.3, 0.4) is 0 Å². The summed E-state index contributed by atoms with van der Waals surface area (Å²) in [5.41, 5.74) is 3.20. The van der Waals surface area contributed by atoms with Crippen LogP contribution in [0.25, 0.3) is 0 Å². The van der Waals surface area contributed by atoms with Gasteiger partial charge in [0.25, 0.3) is 0 Å². The fraction of sp³-hybridized carbons (Fsp3) is 0.611. The Labute approximate surface area is 113 Å². The summed E-state index contributed by atoms with van der Waals surface area (Å²) in [6.45, 7) is 6.30. The van der Waals surface area contributed by atoms with Crippen molar-refractivity contribution < 1.29 is 0 Å². The van der Waals surface area contributed by atoms with Crippen molar-refractivity contribution in [1.82, 2.24) is 0 Å². The Morgan fingerprint density at radius 1 is 1.00 bits per heavy atom. The molecule has 1 aromatic carbocycles. The molecule has 2 rings (SSSR count). The molecular weight excluding hydrogens is 216 g/mol. The van der Waals surface area contributed by atoms with Gasteiger partial charge in [-0.25, -0.2) is 0 Å². The lowest BCUT2D eigenvalue weighted by Crippen LogP contribution is -2.29. The van der Waals surface area contributed by atoms with Crippen LogP contribution in [-0.4, -0.2) is 0 Å². The van der Waals surface area contributed by atoms with Gasteiger partial charge in [0.2, 0.25) is 0 Å². The van der Waals surface area contributed by atoms with Crippen LogP contribution in [0.5, 0.6) is 0 Å². The van der Waals surface area contributed by atoms with E-state index in [1.54, 1.807) is 5.56 Å². The predicted molar refractivity (Wildman–Crippen MR) is 79.8 cm³/mol. The SMILES string of the molecule is [CH2]c1ccc(C2(CCCCC)CCCCC2)cc1. The van der Waals surface area contributed by atoms with Gasteiger partial charge in [-0.15, -0.1) is 0 Å². The van der Waals surface area contributed by atoms with Gasteiger partial charge >= 0.3 is 0 Å². The number of benzene rings is 1. The lowest BCUT2D eigenvalue weighted by Gasteiger charge is -2.38. The molecule has 0 nitrogen and oxygen atoms in total. The Kier molecular flexibility index (Phi) is 4.86. The summed E-state index contributed by atoms with van der Waals surface area (Å²) in [6, 6.07) is 9.04. The minimum atomic E-state index is 0.487. The standard InChI is InChI=1S/C18H27/c1-3-4-6-13-18(14-7-5-8-15-18)17-11-9-16(2)10-12-17/h9-12H,2-8,13-15H2,1H3. The highest BCUT2D eigenvalue weighted by Crippen LogP contribution is 2.43. The van der Waals surface area contributed by atoms with E-state index in [4.69, 9.17) is 0 Å². The molecule has 0 spiro atoms. The third kappa shape index (κ3) is 3.16. The van der Waals surface area contributed by atoms with Crippen molar-refractivity contribution in [3.63, 3.8) is 0 Å². The van der Waals surface area contributed by atoms with Gasteiger partial charge in [0, 0.05) is 0 Å². The molecule has 0 atom stereocenters. The van der Waals surface area contributed by atoms with Crippen molar-refractivity contribution in [2.75, 3.05) is 0 Å². The van der Waals surface area contributed by atoms with E-state index >= 15 is 0 Å². The predicted octanol–water partition coefficient (Wildman–Crippen LogP) is 5.65. The van der Waals surface area contributed by atoms with E-state index in [1.807, 2.05) is 0 Å². The van der Waals surface area contributed by atoms with Crippen LogP contribution in [-0.2, 0) is 5.41 Å². The Morgan fingerprint density at radius 2 is 1.67 bits per heavy atom. The van der Waals surface area contributed by atoms with E-state index in [-0.39, 0.29) is 0 Å². The van der Waals surface area contributed by atoms with Gasteiger partial charge in [-0.05, 0) is 42.7 Å². The van der Waals surface area contributed by atoms with Crippen LogP contribution < -0.4 is 0 Å². The minimum absolute atomic E-state index is 0.487. The molecule has 1 fully saturated rings. The molecule has 0 amide bonds. The van der Waals surface area contributed by atoms with Crippen LogP contribution in [0.2, 0.25) is 0 Å². The zero-order valence-corrected chi connectivity index (χ0v) is 11.9. The number of hydrogen-bond donors (Lipinski definition) is 0. The molecule has 1 radical (unpaired) electrons. The summed E-state index contributed by atoms with van der Waals surface area (Å²) < 4.78 is 0. The fourth-order valence-electron chi connectivity index (χ4n) is 3.48. The van der Waals surface area contributed by atoms with Crippen LogP contribution in [0.15, 0.2) is 24.3 Å². The maximum atomic E-state index is 4.00. The van der Waals surface area contributed by atoms with Crippen LogP contribution in [0, 0.1) is 6.92 Å². The molecule has 0 saturated heterocycles. The zero-order chi connectivity index (χ0) is 12.8. The normalized spacial score (nSPS) is 18.8. The second-order valence-corrected chi connectivity index (χ2v) is 6.00. The van der Waals surface area contributed by atoms with Crippen molar-refractivity contribution in [3.05, 3.63) is 42.3 Å². The Morgan fingerprint density at radius 3 is 2.28 bits per heavy atom. The molecule has 99 valence electrons. The topological polar surface area (TPSA) is 0 Å². The number of rotatable bonds is 5. The molecule has 0 aliphatic heterocycles. The summed E-state index contributed by atoms with van der Waals surface area (Å²) in [6.07, 6.45) is 12.5. The molecule has 1 saturated carbocycles. The molecule has 0 unspecified atom stereocenters. The van der Waals surface area contributed by atoms with Gasteiger partial charge < -0.3 is 0 Å². The third-order valence-electron chi connectivity index (χ3n) is 4.64. The van der Waals surface area contributed by atoms with E-state index in [0.717, 1.165) is 5.56 Å². The van der Waals surface area contributed by atoms with Gasteiger partial charge in [-0.1, -0.05) is 69.7 Å². The highest BCUT2D eigenvalue weighted by atomic mass is 14.4. The first kappa shape index (κ1) is 13.6. The Hall–Kier alpha value is -0.780. The highest BCUT2D eigenvalue weighted by Gasteiger charge is 2.32. The average Bonchev–Trinajstić information content (AvgIpc) is 2.41. The third-order valence-corrected chi connectivity index (χ3v) is 4.64. The molecule has 0 bridgehead atoms. The van der Waals surface area contributed by atoms with Crippen molar-refractivity contribution in [2.24, 2.45) is 0 Å². The molecule has 1 aliphatic rings. The lowest BCUT2D eigenvalue weighted by molar-refractivity contribution is 0.266. The van der Waals surface area contributed by atoms with E-state index in [9.17, 15) is 0 Å². The second kappa shape index (κ2) is 6.41. The van der Waals surface area contributed by atoms with Crippen LogP contribution in [0.4, 0.5) is 0 Å². The Bertz CT molecular complexity index is 341. The largest absolute Gasteiger partial charge is 0.0654 e. The summed E-state index contributed by atoms with van der Waals surface area (Å²) >= 11 is 0. The maximum Gasteiger partial charge on any atom is -0.00470 e. The number of hydrogen-bond acceptors (Lipinski definition) is 0. The summed E-state index contributed by atoms with van der Waals surface area (Å²) in [5, 5.41) is 0. The minimum Gasteiger partial charge on any atom is -0.0654 e. The van der Waals surface area contributed by atoms with Crippen molar-refractivity contribution in [1.29, 1.82) is 0 Å². The van der Waals surface area contributed by atoms with E-state index in [0.29, 0.717) is 5.41 Å². The lowest BCUT2D eigenvalue weighted by atomic mass is 9.66. The van der Waals surface area contributed by atoms with E-state index < -0.39 is 0 Å². The van der Waals surface area contributed by atoms with Gasteiger partial charge in [0.15, 0.2) is 0 Å². The molecule has 0 heterocycles. The average molecular weight is 243 g/mol. The first-order chi connectivity index (χ1) is 8.77. The van der Waals surface area contributed by atoms with Crippen molar-refractivity contribution >= 4 is 0 Å². The summed E-state index contributed by atoms with van der Waals surface area (Å²) in [5.74, 6) is 0. The monoisotopic (exact) mass is 243 g/mol. The van der Waals surface area contributed by atoms with Gasteiger partial charge in [-0.2, -0.15) is 0 Å². The molecule has 0 N–H and O–H groups in total. The highest BCUT2D eigenvalue weighted by molar-refractivity contribution is 5.30. The first-order valence-corrected chi connectivity index (χ1v) is 7.69.